The highest BCUT2D eigenvalue weighted by Gasteiger charge is 2.19. The van der Waals surface area contributed by atoms with Crippen molar-refractivity contribution in [2.24, 2.45) is 0 Å². The van der Waals surface area contributed by atoms with Crippen molar-refractivity contribution in [3.05, 3.63) is 134 Å². The molecule has 0 aromatic heterocycles. The second-order valence-corrected chi connectivity index (χ2v) is 17.7. The van der Waals surface area contributed by atoms with Crippen molar-refractivity contribution in [2.45, 2.75) is 232 Å². The van der Waals surface area contributed by atoms with E-state index in [1.807, 2.05) is 12.2 Å². The molecular formula is C63H100O6. The summed E-state index contributed by atoms with van der Waals surface area (Å²) < 4.78 is 16.7. The molecular weight excluding hydrogens is 853 g/mol. The normalized spacial score (nSPS) is 13.1. The fourth-order valence-corrected chi connectivity index (χ4v) is 6.98. The zero-order valence-corrected chi connectivity index (χ0v) is 44.3. The van der Waals surface area contributed by atoms with Gasteiger partial charge in [0.2, 0.25) is 0 Å². The van der Waals surface area contributed by atoms with Crippen molar-refractivity contribution >= 4 is 17.9 Å². The lowest BCUT2D eigenvalue weighted by atomic mass is 10.1. The summed E-state index contributed by atoms with van der Waals surface area (Å²) >= 11 is 0. The van der Waals surface area contributed by atoms with E-state index in [4.69, 9.17) is 14.2 Å². The Balaban J connectivity index is 4.63. The Hall–Kier alpha value is -4.45. The van der Waals surface area contributed by atoms with Gasteiger partial charge in [0.1, 0.15) is 13.2 Å². The van der Waals surface area contributed by atoms with E-state index in [1.54, 1.807) is 0 Å². The van der Waals surface area contributed by atoms with Crippen molar-refractivity contribution in [2.75, 3.05) is 13.2 Å². The van der Waals surface area contributed by atoms with Crippen LogP contribution in [0.4, 0.5) is 0 Å². The smallest absolute Gasteiger partial charge is 0.306 e. The lowest BCUT2D eigenvalue weighted by molar-refractivity contribution is -0.166. The Bertz CT molecular complexity index is 1510. The molecule has 1 atom stereocenters. The number of hydrogen-bond donors (Lipinski definition) is 0. The number of unbranched alkanes of at least 4 members (excludes halogenated alkanes) is 15. The molecule has 0 unspecified atom stereocenters. The van der Waals surface area contributed by atoms with E-state index < -0.39 is 12.1 Å². The first-order valence-electron chi connectivity index (χ1n) is 27.7. The van der Waals surface area contributed by atoms with Crippen LogP contribution >= 0.6 is 0 Å². The van der Waals surface area contributed by atoms with Gasteiger partial charge in [0, 0.05) is 19.3 Å². The molecule has 0 heterocycles. The Kier molecular flexibility index (Phi) is 52.5. The molecule has 69 heavy (non-hydrogen) atoms. The first kappa shape index (κ1) is 64.5. The van der Waals surface area contributed by atoms with E-state index in [9.17, 15) is 14.4 Å². The second kappa shape index (κ2) is 56.1. The third-order valence-corrected chi connectivity index (χ3v) is 11.1. The van der Waals surface area contributed by atoms with Crippen LogP contribution in [0.1, 0.15) is 226 Å². The molecule has 0 saturated carbocycles. The predicted octanol–water partition coefficient (Wildman–Crippen LogP) is 18.6. The van der Waals surface area contributed by atoms with Crippen LogP contribution < -0.4 is 0 Å². The van der Waals surface area contributed by atoms with Crippen molar-refractivity contribution in [3.63, 3.8) is 0 Å². The molecule has 0 amide bonds. The predicted molar refractivity (Wildman–Crippen MR) is 297 cm³/mol. The van der Waals surface area contributed by atoms with Crippen LogP contribution in [0.2, 0.25) is 0 Å². The summed E-state index contributed by atoms with van der Waals surface area (Å²) in [5.41, 5.74) is 0. The Morgan fingerprint density at radius 3 is 1.04 bits per heavy atom. The molecule has 388 valence electrons. The van der Waals surface area contributed by atoms with Crippen LogP contribution in [0.25, 0.3) is 0 Å². The van der Waals surface area contributed by atoms with Crippen LogP contribution in [-0.4, -0.2) is 37.2 Å². The summed E-state index contributed by atoms with van der Waals surface area (Å²) in [4.78, 5) is 38.1. The summed E-state index contributed by atoms with van der Waals surface area (Å²) in [7, 11) is 0. The standard InChI is InChI=1S/C63H100O6/c1-4-7-10-13-16-19-22-25-28-30-31-33-36-39-42-45-48-51-54-57-63(66)69-60(58-67-61(64)55-52-49-46-43-40-37-34-27-24-21-18-15-12-9-6-3)59-68-62(65)56-53-50-47-44-41-38-35-32-29-26-23-20-17-14-11-8-5-2/h7,10,16-17,19-20,25-29,31,33-35,38-39,42,44,47-48,51,60H,4-6,8-9,11-15,18,21-24,30,32,36-37,40-41,43,45-46,49-50,52-59H2,1-3H3/b10-7-,19-16-,20-17-,28-25-,29-26-,33-31-,34-27-,38-35-,42-39-,47-44-,51-48-/t60-/m0/s1. The maximum absolute atomic E-state index is 12.8. The lowest BCUT2D eigenvalue weighted by Gasteiger charge is -2.18. The summed E-state index contributed by atoms with van der Waals surface area (Å²) in [5, 5.41) is 0. The number of esters is 3. The van der Waals surface area contributed by atoms with Gasteiger partial charge < -0.3 is 14.2 Å². The molecule has 6 nitrogen and oxygen atoms in total. The Morgan fingerprint density at radius 1 is 0.304 bits per heavy atom. The molecule has 0 N–H and O–H groups in total. The fourth-order valence-electron chi connectivity index (χ4n) is 6.98. The third kappa shape index (κ3) is 54.4. The number of ether oxygens (including phenoxy) is 3. The molecule has 0 aliphatic carbocycles. The van der Waals surface area contributed by atoms with E-state index in [1.165, 1.54) is 77.0 Å². The molecule has 6 heteroatoms. The SMILES string of the molecule is CC/C=C\C/C=C\C/C=C\C/C=C\C/C=C\C/C=C\CCC(=O)O[C@H](COC(=O)CCC/C=C\C/C=C\C/C=C\C/C=C\CCCCC)COC(=O)CCCCCCC/C=C\CCCCCCCC. The topological polar surface area (TPSA) is 78.9 Å². The van der Waals surface area contributed by atoms with Gasteiger partial charge >= 0.3 is 17.9 Å². The van der Waals surface area contributed by atoms with E-state index in [0.717, 1.165) is 96.3 Å². The number of carbonyl (C=O) groups is 3. The van der Waals surface area contributed by atoms with Crippen LogP contribution in [0.5, 0.6) is 0 Å². The lowest BCUT2D eigenvalue weighted by Crippen LogP contribution is -2.30. The van der Waals surface area contributed by atoms with Gasteiger partial charge in [0.15, 0.2) is 6.10 Å². The van der Waals surface area contributed by atoms with Crippen LogP contribution in [0.3, 0.4) is 0 Å². The monoisotopic (exact) mass is 953 g/mol. The molecule has 0 rings (SSSR count). The molecule has 0 aromatic rings. The number of carbonyl (C=O) groups excluding carboxylic acids is 3. The third-order valence-electron chi connectivity index (χ3n) is 11.1. The Morgan fingerprint density at radius 2 is 0.609 bits per heavy atom. The minimum atomic E-state index is -0.849. The Labute approximate surface area is 424 Å². The molecule has 0 fully saturated rings. The summed E-state index contributed by atoms with van der Waals surface area (Å²) in [6.07, 6.45) is 78.8. The highest BCUT2D eigenvalue weighted by atomic mass is 16.6. The van der Waals surface area contributed by atoms with Gasteiger partial charge in [-0.15, -0.1) is 0 Å². The van der Waals surface area contributed by atoms with Crippen LogP contribution in [0.15, 0.2) is 134 Å². The summed E-state index contributed by atoms with van der Waals surface area (Å²) in [5.74, 6) is -1.09. The highest BCUT2D eigenvalue weighted by Crippen LogP contribution is 2.12. The van der Waals surface area contributed by atoms with Gasteiger partial charge in [0.05, 0.1) is 0 Å². The molecule has 0 spiro atoms. The van der Waals surface area contributed by atoms with Crippen molar-refractivity contribution in [1.82, 2.24) is 0 Å². The number of allylic oxidation sites excluding steroid dienone is 22. The van der Waals surface area contributed by atoms with E-state index in [-0.39, 0.29) is 38.0 Å². The maximum atomic E-state index is 12.8. The second-order valence-electron chi connectivity index (χ2n) is 17.7. The molecule has 0 aromatic carbocycles. The van der Waals surface area contributed by atoms with E-state index in [0.29, 0.717) is 19.3 Å². The van der Waals surface area contributed by atoms with Crippen molar-refractivity contribution in [1.29, 1.82) is 0 Å². The minimum absolute atomic E-state index is 0.134. The average Bonchev–Trinajstić information content (AvgIpc) is 3.35. The zero-order valence-electron chi connectivity index (χ0n) is 44.3. The van der Waals surface area contributed by atoms with Gasteiger partial charge in [-0.2, -0.15) is 0 Å². The van der Waals surface area contributed by atoms with Gasteiger partial charge in [-0.3, -0.25) is 14.4 Å². The first-order valence-corrected chi connectivity index (χ1v) is 27.7. The highest BCUT2D eigenvalue weighted by molar-refractivity contribution is 5.71. The zero-order chi connectivity index (χ0) is 50.0. The molecule has 0 saturated heterocycles. The molecule has 0 bridgehead atoms. The van der Waals surface area contributed by atoms with Crippen LogP contribution in [-0.2, 0) is 28.6 Å². The minimum Gasteiger partial charge on any atom is -0.462 e. The van der Waals surface area contributed by atoms with E-state index >= 15 is 0 Å². The molecule has 0 aliphatic rings. The van der Waals surface area contributed by atoms with Gasteiger partial charge in [-0.05, 0) is 122 Å². The van der Waals surface area contributed by atoms with Gasteiger partial charge in [-0.1, -0.05) is 219 Å². The fraction of sp³-hybridized carbons (Fsp3) is 0.603. The van der Waals surface area contributed by atoms with Crippen molar-refractivity contribution in [3.8, 4) is 0 Å². The average molecular weight is 953 g/mol. The van der Waals surface area contributed by atoms with Crippen LogP contribution in [0, 0.1) is 0 Å². The summed E-state index contributed by atoms with van der Waals surface area (Å²) in [6, 6.07) is 0. The molecule has 0 radical (unpaired) electrons. The number of rotatable bonds is 48. The van der Waals surface area contributed by atoms with Gasteiger partial charge in [0.25, 0.3) is 0 Å². The van der Waals surface area contributed by atoms with Crippen molar-refractivity contribution < 1.29 is 28.6 Å². The first-order chi connectivity index (χ1) is 34.0. The maximum Gasteiger partial charge on any atom is 0.306 e. The largest absolute Gasteiger partial charge is 0.462 e. The number of hydrogen-bond acceptors (Lipinski definition) is 6. The van der Waals surface area contributed by atoms with Gasteiger partial charge in [-0.25, -0.2) is 0 Å². The summed E-state index contributed by atoms with van der Waals surface area (Å²) in [6.45, 7) is 6.36. The van der Waals surface area contributed by atoms with E-state index in [2.05, 4.69) is 142 Å². The molecule has 0 aliphatic heterocycles. The quantitative estimate of drug-likeness (QED) is 0.0262.